The summed E-state index contributed by atoms with van der Waals surface area (Å²) >= 11 is 0. The molecule has 0 radical (unpaired) electrons. The van der Waals surface area contributed by atoms with Gasteiger partial charge in [-0.3, -0.25) is 4.79 Å². The van der Waals surface area contributed by atoms with Gasteiger partial charge in [-0.15, -0.1) is 0 Å². The Hall–Kier alpha value is -0.790. The van der Waals surface area contributed by atoms with Crippen LogP contribution in [-0.2, 0) is 9.53 Å². The zero-order valence-electron chi connectivity index (χ0n) is 6.10. The molecule has 52 valence electrons. The van der Waals surface area contributed by atoms with E-state index in [-0.39, 0.29) is 5.97 Å². The minimum Gasteiger partial charge on any atom is -0.432 e. The Morgan fingerprint density at radius 1 is 1.67 bits per heavy atom. The fourth-order valence-corrected chi connectivity index (χ4v) is 0.520. The quantitative estimate of drug-likeness (QED) is 0.419. The number of ether oxygens (including phenoxy) is 1. The van der Waals surface area contributed by atoms with Gasteiger partial charge in [0.2, 0.25) is 0 Å². The lowest BCUT2D eigenvalue weighted by Gasteiger charge is -2.00. The Kier molecular flexibility index (Phi) is 3.76. The van der Waals surface area contributed by atoms with Crippen molar-refractivity contribution in [1.82, 2.24) is 0 Å². The summed E-state index contributed by atoms with van der Waals surface area (Å²) in [6.45, 7) is 5.19. The average Bonchev–Trinajstić information content (AvgIpc) is 1.82. The molecule has 0 N–H and O–H groups in total. The van der Waals surface area contributed by atoms with Gasteiger partial charge in [-0.2, -0.15) is 0 Å². The summed E-state index contributed by atoms with van der Waals surface area (Å²) < 4.78 is 4.77. The molecule has 0 rings (SSSR count). The Morgan fingerprint density at radius 2 is 2.22 bits per heavy atom. The van der Waals surface area contributed by atoms with E-state index in [1.807, 2.05) is 13.8 Å². The highest BCUT2D eigenvalue weighted by molar-refractivity contribution is 5.67. The molecule has 0 aromatic rings. The Morgan fingerprint density at radius 3 is 2.33 bits per heavy atom. The maximum absolute atomic E-state index is 10.3. The third-order valence-electron chi connectivity index (χ3n) is 0.945. The molecule has 2 heteroatoms. The number of carbonyl (C=O) groups is 1. The van der Waals surface area contributed by atoms with E-state index in [0.717, 1.165) is 12.2 Å². The van der Waals surface area contributed by atoms with Crippen LogP contribution in [0.25, 0.3) is 0 Å². The fourth-order valence-electron chi connectivity index (χ4n) is 0.520. The predicted octanol–water partition coefficient (Wildman–Crippen LogP) is 1.86. The van der Waals surface area contributed by atoms with Crippen LogP contribution in [0.15, 0.2) is 11.8 Å². The van der Waals surface area contributed by atoms with E-state index in [1.54, 1.807) is 6.08 Å². The van der Waals surface area contributed by atoms with Crippen molar-refractivity contribution < 1.29 is 9.53 Å². The van der Waals surface area contributed by atoms with Crippen molar-refractivity contribution in [2.24, 2.45) is 0 Å². The summed E-state index contributed by atoms with van der Waals surface area (Å²) in [6.07, 6.45) is 2.57. The van der Waals surface area contributed by atoms with Crippen LogP contribution < -0.4 is 0 Å². The summed E-state index contributed by atoms with van der Waals surface area (Å²) in [5.74, 6) is 0.493. The van der Waals surface area contributed by atoms with Gasteiger partial charge in [0.25, 0.3) is 0 Å². The van der Waals surface area contributed by atoms with Crippen molar-refractivity contribution in [2.75, 3.05) is 0 Å². The molecular weight excluding hydrogens is 116 g/mol. The Bertz CT molecular complexity index is 125. The highest BCUT2D eigenvalue weighted by Crippen LogP contribution is 2.01. The number of hydrogen-bond donors (Lipinski definition) is 0. The van der Waals surface area contributed by atoms with Gasteiger partial charge in [0.1, 0.15) is 5.76 Å². The van der Waals surface area contributed by atoms with Crippen LogP contribution in [0.4, 0.5) is 0 Å². The molecule has 9 heavy (non-hydrogen) atoms. The number of allylic oxidation sites excluding steroid dienone is 2. The van der Waals surface area contributed by atoms with E-state index in [1.165, 1.54) is 6.92 Å². The molecule has 0 bridgehead atoms. The molecule has 0 amide bonds. The summed E-state index contributed by atoms with van der Waals surface area (Å²) in [4.78, 5) is 10.3. The van der Waals surface area contributed by atoms with Gasteiger partial charge >= 0.3 is 5.97 Å². The van der Waals surface area contributed by atoms with Gasteiger partial charge in [0, 0.05) is 13.3 Å². The second-order valence-corrected chi connectivity index (χ2v) is 1.70. The van der Waals surface area contributed by atoms with E-state index < -0.39 is 0 Å². The maximum atomic E-state index is 10.3. The standard InChI is InChI=1S/C7H12O2/c1-4-7(5-2)9-6(3)8/h4H,5H2,1-3H3. The first-order chi connectivity index (χ1) is 4.20. The molecule has 0 aliphatic carbocycles. The van der Waals surface area contributed by atoms with Gasteiger partial charge in [0.15, 0.2) is 0 Å². The minimum atomic E-state index is -0.245. The molecule has 0 atom stereocenters. The van der Waals surface area contributed by atoms with Gasteiger partial charge in [-0.05, 0) is 13.0 Å². The molecule has 0 aliphatic rings. The SMILES string of the molecule is CC=C(CC)OC(C)=O. The van der Waals surface area contributed by atoms with Crippen LogP contribution in [0.1, 0.15) is 27.2 Å². The van der Waals surface area contributed by atoms with Crippen molar-refractivity contribution in [3.8, 4) is 0 Å². The first-order valence-electron chi connectivity index (χ1n) is 3.04. The molecule has 0 fully saturated rings. The highest BCUT2D eigenvalue weighted by Gasteiger charge is 1.95. The molecule has 0 aromatic heterocycles. The van der Waals surface area contributed by atoms with Crippen molar-refractivity contribution in [3.63, 3.8) is 0 Å². The lowest BCUT2D eigenvalue weighted by atomic mass is 10.4. The second-order valence-electron chi connectivity index (χ2n) is 1.70. The lowest BCUT2D eigenvalue weighted by Crippen LogP contribution is -1.96. The smallest absolute Gasteiger partial charge is 0.307 e. The molecule has 0 spiro atoms. The number of esters is 1. The van der Waals surface area contributed by atoms with Gasteiger partial charge < -0.3 is 4.74 Å². The van der Waals surface area contributed by atoms with Gasteiger partial charge in [0.05, 0.1) is 0 Å². The molecule has 0 heterocycles. The van der Waals surface area contributed by atoms with Crippen molar-refractivity contribution in [3.05, 3.63) is 11.8 Å². The normalized spacial score (nSPS) is 11.2. The summed E-state index contributed by atoms with van der Waals surface area (Å²) in [5, 5.41) is 0. The first-order valence-corrected chi connectivity index (χ1v) is 3.04. The Labute approximate surface area is 55.5 Å². The third-order valence-corrected chi connectivity index (χ3v) is 0.945. The monoisotopic (exact) mass is 128 g/mol. The molecule has 2 nitrogen and oxygen atoms in total. The van der Waals surface area contributed by atoms with Crippen LogP contribution in [0.5, 0.6) is 0 Å². The summed E-state index contributed by atoms with van der Waals surface area (Å²) in [6, 6.07) is 0. The predicted molar refractivity (Wildman–Crippen MR) is 35.8 cm³/mol. The van der Waals surface area contributed by atoms with Gasteiger partial charge in [-0.25, -0.2) is 0 Å². The van der Waals surface area contributed by atoms with E-state index >= 15 is 0 Å². The average molecular weight is 128 g/mol. The minimum absolute atomic E-state index is 0.245. The molecule has 0 aliphatic heterocycles. The molecule has 0 unspecified atom stereocenters. The number of hydrogen-bond acceptors (Lipinski definition) is 2. The van der Waals surface area contributed by atoms with Crippen molar-refractivity contribution >= 4 is 5.97 Å². The molecular formula is C7H12O2. The van der Waals surface area contributed by atoms with Crippen molar-refractivity contribution in [2.45, 2.75) is 27.2 Å². The van der Waals surface area contributed by atoms with Crippen LogP contribution >= 0.6 is 0 Å². The van der Waals surface area contributed by atoms with E-state index in [4.69, 9.17) is 4.74 Å². The zero-order chi connectivity index (χ0) is 7.28. The van der Waals surface area contributed by atoms with Crippen LogP contribution in [0.2, 0.25) is 0 Å². The molecule has 0 saturated heterocycles. The zero-order valence-corrected chi connectivity index (χ0v) is 6.10. The summed E-state index contributed by atoms with van der Waals surface area (Å²) in [7, 11) is 0. The molecule has 0 aromatic carbocycles. The van der Waals surface area contributed by atoms with E-state index in [0.29, 0.717) is 0 Å². The highest BCUT2D eigenvalue weighted by atomic mass is 16.5. The van der Waals surface area contributed by atoms with E-state index in [9.17, 15) is 4.79 Å². The van der Waals surface area contributed by atoms with Gasteiger partial charge in [-0.1, -0.05) is 6.92 Å². The third kappa shape index (κ3) is 3.76. The lowest BCUT2D eigenvalue weighted by molar-refractivity contribution is -0.137. The number of rotatable bonds is 2. The van der Waals surface area contributed by atoms with Crippen LogP contribution in [0, 0.1) is 0 Å². The largest absolute Gasteiger partial charge is 0.432 e. The topological polar surface area (TPSA) is 26.3 Å². The second kappa shape index (κ2) is 4.13. The van der Waals surface area contributed by atoms with Crippen LogP contribution in [-0.4, -0.2) is 5.97 Å². The van der Waals surface area contributed by atoms with Crippen molar-refractivity contribution in [1.29, 1.82) is 0 Å². The fraction of sp³-hybridized carbons (Fsp3) is 0.571. The first kappa shape index (κ1) is 8.21. The Balaban J connectivity index is 3.71. The van der Waals surface area contributed by atoms with E-state index in [2.05, 4.69) is 0 Å². The maximum Gasteiger partial charge on any atom is 0.307 e. The molecule has 0 saturated carbocycles. The summed E-state index contributed by atoms with van der Waals surface area (Å²) in [5.41, 5.74) is 0. The van der Waals surface area contributed by atoms with Crippen LogP contribution in [0.3, 0.4) is 0 Å². The number of carbonyl (C=O) groups excluding carboxylic acids is 1.